The summed E-state index contributed by atoms with van der Waals surface area (Å²) in [6.45, 7) is 4.53. The average Bonchev–Trinajstić information content (AvgIpc) is 2.50. The molecule has 0 bridgehead atoms. The van der Waals surface area contributed by atoms with Crippen LogP contribution in [-0.4, -0.2) is 5.91 Å². The first-order chi connectivity index (χ1) is 10.5. The number of nitrogens with two attached hydrogens (primary N) is 1. The van der Waals surface area contributed by atoms with Crippen molar-refractivity contribution < 1.29 is 4.79 Å². The van der Waals surface area contributed by atoms with Crippen molar-refractivity contribution in [3.8, 4) is 0 Å². The van der Waals surface area contributed by atoms with Crippen LogP contribution < -0.4 is 11.1 Å². The minimum Gasteiger partial charge on any atom is -0.399 e. The lowest BCUT2D eigenvalue weighted by Crippen LogP contribution is -2.35. The zero-order valence-corrected chi connectivity index (χ0v) is 13.1. The molecule has 1 amide bonds. The molecule has 0 aromatic heterocycles. The standard InChI is InChI=1S/C19H22N2O/c1-19(2)11-10-17(15-8-3-4-9-16(15)19)21-18(22)13-6-5-7-14(20)12-13/h3-9,12,17H,10-11,20H2,1-2H3,(H,21,22). The summed E-state index contributed by atoms with van der Waals surface area (Å²) in [6, 6.07) is 15.6. The lowest BCUT2D eigenvalue weighted by atomic mass is 9.71. The fourth-order valence-electron chi connectivity index (χ4n) is 3.28. The maximum atomic E-state index is 12.5. The van der Waals surface area contributed by atoms with E-state index in [9.17, 15) is 4.79 Å². The van der Waals surface area contributed by atoms with Crippen LogP contribution in [0.2, 0.25) is 0 Å². The van der Waals surface area contributed by atoms with Gasteiger partial charge in [-0.1, -0.05) is 44.2 Å². The maximum absolute atomic E-state index is 12.5. The van der Waals surface area contributed by atoms with Crippen LogP contribution in [0, 0.1) is 0 Å². The van der Waals surface area contributed by atoms with E-state index in [0.717, 1.165) is 12.8 Å². The molecule has 0 spiro atoms. The topological polar surface area (TPSA) is 55.1 Å². The third-order valence-electron chi connectivity index (χ3n) is 4.58. The lowest BCUT2D eigenvalue weighted by molar-refractivity contribution is 0.0929. The van der Waals surface area contributed by atoms with Gasteiger partial charge in [0.15, 0.2) is 0 Å². The second-order valence-corrected chi connectivity index (χ2v) is 6.66. The number of amides is 1. The number of rotatable bonds is 2. The highest BCUT2D eigenvalue weighted by molar-refractivity contribution is 5.95. The summed E-state index contributed by atoms with van der Waals surface area (Å²) in [7, 11) is 0. The average molecular weight is 294 g/mol. The van der Waals surface area contributed by atoms with E-state index in [1.54, 1.807) is 18.2 Å². The molecule has 0 saturated carbocycles. The van der Waals surface area contributed by atoms with Crippen molar-refractivity contribution in [1.29, 1.82) is 0 Å². The lowest BCUT2D eigenvalue weighted by Gasteiger charge is -2.37. The molecule has 0 heterocycles. The second-order valence-electron chi connectivity index (χ2n) is 6.66. The number of hydrogen-bond donors (Lipinski definition) is 2. The number of anilines is 1. The molecule has 3 heteroatoms. The van der Waals surface area contributed by atoms with Crippen LogP contribution in [0.5, 0.6) is 0 Å². The number of carbonyl (C=O) groups excluding carboxylic acids is 1. The van der Waals surface area contributed by atoms with Crippen LogP contribution in [-0.2, 0) is 5.41 Å². The van der Waals surface area contributed by atoms with Crippen LogP contribution in [0.3, 0.4) is 0 Å². The molecular formula is C19H22N2O. The molecule has 0 radical (unpaired) electrons. The van der Waals surface area contributed by atoms with Crippen molar-refractivity contribution in [2.24, 2.45) is 0 Å². The molecule has 1 atom stereocenters. The van der Waals surface area contributed by atoms with Crippen molar-refractivity contribution in [1.82, 2.24) is 5.32 Å². The monoisotopic (exact) mass is 294 g/mol. The van der Waals surface area contributed by atoms with Crippen molar-refractivity contribution >= 4 is 11.6 Å². The van der Waals surface area contributed by atoms with Gasteiger partial charge in [-0.2, -0.15) is 0 Å². The zero-order chi connectivity index (χ0) is 15.7. The van der Waals surface area contributed by atoms with E-state index in [0.29, 0.717) is 11.3 Å². The molecule has 22 heavy (non-hydrogen) atoms. The molecule has 3 N–H and O–H groups in total. The predicted molar refractivity (Wildman–Crippen MR) is 89.8 cm³/mol. The van der Waals surface area contributed by atoms with Crippen molar-refractivity contribution in [3.63, 3.8) is 0 Å². The van der Waals surface area contributed by atoms with Gasteiger partial charge in [-0.15, -0.1) is 0 Å². The van der Waals surface area contributed by atoms with Gasteiger partial charge in [-0.05, 0) is 47.6 Å². The molecule has 2 aromatic carbocycles. The van der Waals surface area contributed by atoms with E-state index in [1.165, 1.54) is 11.1 Å². The fraction of sp³-hybridized carbons (Fsp3) is 0.316. The molecule has 1 unspecified atom stereocenters. The number of hydrogen-bond acceptors (Lipinski definition) is 2. The summed E-state index contributed by atoms with van der Waals surface area (Å²) in [5, 5.41) is 3.16. The first-order valence-electron chi connectivity index (χ1n) is 7.73. The Bertz CT molecular complexity index is 706. The minimum atomic E-state index is -0.0631. The molecule has 0 saturated heterocycles. The Balaban J connectivity index is 1.86. The third-order valence-corrected chi connectivity index (χ3v) is 4.58. The normalized spacial score (nSPS) is 19.3. The third kappa shape index (κ3) is 2.71. The molecule has 114 valence electrons. The Labute approximate surface area is 131 Å². The van der Waals surface area contributed by atoms with E-state index in [2.05, 4.69) is 37.4 Å². The molecular weight excluding hydrogens is 272 g/mol. The van der Waals surface area contributed by atoms with Crippen molar-refractivity contribution in [2.45, 2.75) is 38.1 Å². The Morgan fingerprint density at radius 1 is 1.18 bits per heavy atom. The van der Waals surface area contributed by atoms with Gasteiger partial charge in [-0.3, -0.25) is 4.79 Å². The number of carbonyl (C=O) groups is 1. The number of nitrogen functional groups attached to an aromatic ring is 1. The highest BCUT2D eigenvalue weighted by Gasteiger charge is 2.32. The van der Waals surface area contributed by atoms with Gasteiger partial charge in [-0.25, -0.2) is 0 Å². The van der Waals surface area contributed by atoms with Gasteiger partial charge in [0.25, 0.3) is 5.91 Å². The SMILES string of the molecule is CC1(C)CCC(NC(=O)c2cccc(N)c2)c2ccccc21. The van der Waals surface area contributed by atoms with E-state index in [4.69, 9.17) is 5.73 Å². The van der Waals surface area contributed by atoms with Crippen LogP contribution >= 0.6 is 0 Å². The zero-order valence-electron chi connectivity index (χ0n) is 13.1. The quantitative estimate of drug-likeness (QED) is 0.827. The van der Waals surface area contributed by atoms with E-state index >= 15 is 0 Å². The fourth-order valence-corrected chi connectivity index (χ4v) is 3.28. The number of benzene rings is 2. The molecule has 3 rings (SSSR count). The highest BCUT2D eigenvalue weighted by Crippen LogP contribution is 2.41. The Morgan fingerprint density at radius 3 is 2.73 bits per heavy atom. The number of fused-ring (bicyclic) bond motifs is 1. The van der Waals surface area contributed by atoms with Gasteiger partial charge >= 0.3 is 0 Å². The van der Waals surface area contributed by atoms with E-state index in [1.807, 2.05) is 12.1 Å². The van der Waals surface area contributed by atoms with Gasteiger partial charge < -0.3 is 11.1 Å². The highest BCUT2D eigenvalue weighted by atomic mass is 16.1. The van der Waals surface area contributed by atoms with Crippen LogP contribution in [0.15, 0.2) is 48.5 Å². The van der Waals surface area contributed by atoms with Crippen molar-refractivity contribution in [3.05, 3.63) is 65.2 Å². The first-order valence-corrected chi connectivity index (χ1v) is 7.73. The van der Waals surface area contributed by atoms with Gasteiger partial charge in [0.2, 0.25) is 0 Å². The van der Waals surface area contributed by atoms with Gasteiger partial charge in [0.1, 0.15) is 0 Å². The summed E-state index contributed by atoms with van der Waals surface area (Å²) in [5.74, 6) is -0.0631. The summed E-state index contributed by atoms with van der Waals surface area (Å²) in [5.41, 5.74) is 9.71. The molecule has 0 aliphatic heterocycles. The molecule has 3 nitrogen and oxygen atoms in total. The van der Waals surface area contributed by atoms with Crippen LogP contribution in [0.4, 0.5) is 5.69 Å². The predicted octanol–water partition coefficient (Wildman–Crippen LogP) is 3.81. The van der Waals surface area contributed by atoms with Crippen LogP contribution in [0.25, 0.3) is 0 Å². The Hall–Kier alpha value is -2.29. The maximum Gasteiger partial charge on any atom is 0.251 e. The second kappa shape index (κ2) is 5.48. The molecule has 0 fully saturated rings. The Morgan fingerprint density at radius 2 is 1.95 bits per heavy atom. The number of nitrogens with one attached hydrogen (secondary N) is 1. The van der Waals surface area contributed by atoms with Gasteiger partial charge in [0.05, 0.1) is 6.04 Å². The molecule has 1 aliphatic rings. The van der Waals surface area contributed by atoms with E-state index < -0.39 is 0 Å². The molecule has 1 aliphatic carbocycles. The first kappa shape index (κ1) is 14.6. The molecule has 2 aromatic rings. The van der Waals surface area contributed by atoms with Crippen molar-refractivity contribution in [2.75, 3.05) is 5.73 Å². The van der Waals surface area contributed by atoms with Crippen LogP contribution in [0.1, 0.15) is 54.2 Å². The summed E-state index contributed by atoms with van der Waals surface area (Å²) in [6.07, 6.45) is 2.02. The summed E-state index contributed by atoms with van der Waals surface area (Å²) in [4.78, 5) is 12.5. The smallest absolute Gasteiger partial charge is 0.251 e. The van der Waals surface area contributed by atoms with Gasteiger partial charge in [0, 0.05) is 11.3 Å². The summed E-state index contributed by atoms with van der Waals surface area (Å²) < 4.78 is 0. The Kier molecular flexibility index (Phi) is 3.65. The summed E-state index contributed by atoms with van der Waals surface area (Å²) >= 11 is 0. The largest absolute Gasteiger partial charge is 0.399 e. The van der Waals surface area contributed by atoms with E-state index in [-0.39, 0.29) is 17.4 Å². The minimum absolute atomic E-state index is 0.0631.